The zero-order valence-corrected chi connectivity index (χ0v) is 17.0. The largest absolute Gasteiger partial charge is 0.497 e. The minimum absolute atomic E-state index is 0.0131. The van der Waals surface area contributed by atoms with E-state index in [1.54, 1.807) is 12.0 Å². The lowest BCUT2D eigenvalue weighted by Gasteiger charge is -2.34. The molecule has 4 rings (SSSR count). The average molecular weight is 410 g/mol. The first-order chi connectivity index (χ1) is 14.5. The Morgan fingerprint density at radius 1 is 1.10 bits per heavy atom. The number of likely N-dealkylation sites (tertiary alicyclic amines) is 2. The molecule has 1 N–H and O–H groups in total. The number of nitrogens with one attached hydrogen (secondary N) is 1. The molecule has 3 heterocycles. The molecule has 1 unspecified atom stereocenters. The van der Waals surface area contributed by atoms with Crippen LogP contribution in [-0.2, 0) is 11.3 Å². The normalized spacial score (nSPS) is 20.5. The van der Waals surface area contributed by atoms with Crippen LogP contribution in [0.3, 0.4) is 0 Å². The number of carbonyl (C=O) groups is 2. The van der Waals surface area contributed by atoms with E-state index >= 15 is 0 Å². The molecular formula is C22H26N4O4. The minimum atomic E-state index is -0.216. The second-order valence-electron chi connectivity index (χ2n) is 7.85. The van der Waals surface area contributed by atoms with Crippen LogP contribution in [0.5, 0.6) is 5.75 Å². The van der Waals surface area contributed by atoms with Gasteiger partial charge < -0.3 is 14.6 Å². The molecule has 30 heavy (non-hydrogen) atoms. The van der Waals surface area contributed by atoms with Crippen molar-refractivity contribution < 1.29 is 14.3 Å². The molecule has 0 saturated carbocycles. The monoisotopic (exact) mass is 410 g/mol. The molecule has 2 saturated heterocycles. The maximum absolute atomic E-state index is 12.9. The van der Waals surface area contributed by atoms with Gasteiger partial charge in [0.15, 0.2) is 5.78 Å². The van der Waals surface area contributed by atoms with Crippen LogP contribution < -0.4 is 10.3 Å². The van der Waals surface area contributed by atoms with Gasteiger partial charge in [0.05, 0.1) is 19.7 Å². The summed E-state index contributed by atoms with van der Waals surface area (Å²) in [6.45, 7) is 2.43. The number of nitrogens with zero attached hydrogens (tertiary/aromatic N) is 3. The summed E-state index contributed by atoms with van der Waals surface area (Å²) in [7, 11) is 1.60. The molecule has 2 aromatic rings. The van der Waals surface area contributed by atoms with Crippen LogP contribution in [0.2, 0.25) is 0 Å². The van der Waals surface area contributed by atoms with Gasteiger partial charge in [0, 0.05) is 30.3 Å². The summed E-state index contributed by atoms with van der Waals surface area (Å²) >= 11 is 0. The van der Waals surface area contributed by atoms with Gasteiger partial charge in [0.2, 0.25) is 5.91 Å². The number of methoxy groups -OCH3 is 1. The molecule has 1 aromatic heterocycles. The molecule has 1 atom stereocenters. The predicted molar refractivity (Wildman–Crippen MR) is 110 cm³/mol. The third kappa shape index (κ3) is 4.28. The Morgan fingerprint density at radius 2 is 1.83 bits per heavy atom. The number of ketones is 1. The smallest absolute Gasteiger partial charge is 0.250 e. The third-order valence-electron chi connectivity index (χ3n) is 6.05. The van der Waals surface area contributed by atoms with Crippen LogP contribution in [-0.4, -0.2) is 64.2 Å². The average Bonchev–Trinajstić information content (AvgIpc) is 3.13. The van der Waals surface area contributed by atoms with Gasteiger partial charge in [-0.1, -0.05) is 0 Å². The Labute approximate surface area is 174 Å². The van der Waals surface area contributed by atoms with E-state index in [0.717, 1.165) is 38.1 Å². The van der Waals surface area contributed by atoms with Gasteiger partial charge in [-0.05, 0) is 56.6 Å². The summed E-state index contributed by atoms with van der Waals surface area (Å²) in [5.74, 6) is 1.46. The molecule has 1 aromatic carbocycles. The van der Waals surface area contributed by atoms with Gasteiger partial charge in [-0.3, -0.25) is 19.3 Å². The Balaban J connectivity index is 1.32. The summed E-state index contributed by atoms with van der Waals surface area (Å²) in [6, 6.07) is 8.45. The number of hydrogen-bond acceptors (Lipinski definition) is 6. The van der Waals surface area contributed by atoms with Crippen molar-refractivity contribution in [3.63, 3.8) is 0 Å². The fraction of sp³-hybridized carbons (Fsp3) is 0.455. The van der Waals surface area contributed by atoms with E-state index in [2.05, 4.69) is 14.9 Å². The number of Topliss-reactive ketones (excluding diaryl/α,β-unsaturated/α-hetero) is 1. The molecule has 8 heteroatoms. The summed E-state index contributed by atoms with van der Waals surface area (Å²) in [5.41, 5.74) is 0.494. The highest BCUT2D eigenvalue weighted by Crippen LogP contribution is 2.27. The summed E-state index contributed by atoms with van der Waals surface area (Å²) in [4.78, 5) is 47.9. The molecule has 158 valence electrons. The summed E-state index contributed by atoms with van der Waals surface area (Å²) < 4.78 is 5.15. The Bertz CT molecular complexity index is 964. The van der Waals surface area contributed by atoms with Crippen LogP contribution in [0.15, 0.2) is 41.3 Å². The van der Waals surface area contributed by atoms with Gasteiger partial charge in [-0.15, -0.1) is 0 Å². The molecule has 0 radical (unpaired) electrons. The predicted octanol–water partition coefficient (Wildman–Crippen LogP) is 1.47. The van der Waals surface area contributed by atoms with E-state index < -0.39 is 0 Å². The number of H-pyrrole nitrogens is 1. The Kier molecular flexibility index (Phi) is 5.94. The third-order valence-corrected chi connectivity index (χ3v) is 6.05. The summed E-state index contributed by atoms with van der Waals surface area (Å²) in [6.07, 6.45) is 3.72. The van der Waals surface area contributed by atoms with Crippen molar-refractivity contribution >= 4 is 11.7 Å². The second-order valence-corrected chi connectivity index (χ2v) is 7.85. The second kappa shape index (κ2) is 8.79. The van der Waals surface area contributed by atoms with E-state index in [9.17, 15) is 14.4 Å². The van der Waals surface area contributed by atoms with Crippen molar-refractivity contribution in [3.05, 3.63) is 58.3 Å². The van der Waals surface area contributed by atoms with E-state index in [4.69, 9.17) is 4.74 Å². The van der Waals surface area contributed by atoms with Crippen molar-refractivity contribution in [2.45, 2.75) is 31.8 Å². The van der Waals surface area contributed by atoms with Gasteiger partial charge in [-0.25, -0.2) is 4.98 Å². The number of amides is 1. The molecule has 0 aliphatic carbocycles. The molecule has 2 aliphatic heterocycles. The fourth-order valence-corrected chi connectivity index (χ4v) is 4.35. The molecule has 8 nitrogen and oxygen atoms in total. The van der Waals surface area contributed by atoms with E-state index in [1.807, 2.05) is 24.3 Å². The number of hydrogen-bond donors (Lipinski definition) is 1. The zero-order valence-electron chi connectivity index (χ0n) is 17.0. The first-order valence-electron chi connectivity index (χ1n) is 10.3. The first-order valence-corrected chi connectivity index (χ1v) is 10.3. The number of rotatable bonds is 6. The molecule has 0 spiro atoms. The van der Waals surface area contributed by atoms with Crippen molar-refractivity contribution in [2.24, 2.45) is 5.92 Å². The molecule has 1 amide bonds. The number of piperidine rings is 1. The topological polar surface area (TPSA) is 95.6 Å². The molecule has 0 bridgehead atoms. The molecular weight excluding hydrogens is 384 g/mol. The van der Waals surface area contributed by atoms with Gasteiger partial charge in [0.1, 0.15) is 11.6 Å². The molecule has 2 fully saturated rings. The number of ether oxygens (including phenoxy) is 1. The summed E-state index contributed by atoms with van der Waals surface area (Å²) in [5, 5.41) is 0. The highest BCUT2D eigenvalue weighted by molar-refractivity contribution is 5.98. The van der Waals surface area contributed by atoms with Gasteiger partial charge >= 0.3 is 0 Å². The number of carbonyl (C=O) groups excluding carboxylic acids is 2. The number of benzene rings is 1. The Hall–Kier alpha value is -3.00. The van der Waals surface area contributed by atoms with Crippen LogP contribution >= 0.6 is 0 Å². The lowest BCUT2D eigenvalue weighted by atomic mass is 9.88. The van der Waals surface area contributed by atoms with Crippen molar-refractivity contribution in [1.29, 1.82) is 0 Å². The highest BCUT2D eigenvalue weighted by atomic mass is 16.5. The van der Waals surface area contributed by atoms with Gasteiger partial charge in [0.25, 0.3) is 5.56 Å². The van der Waals surface area contributed by atoms with E-state index in [-0.39, 0.29) is 29.2 Å². The first kappa shape index (κ1) is 20.3. The number of aromatic amines is 1. The van der Waals surface area contributed by atoms with Crippen LogP contribution in [0.4, 0.5) is 0 Å². The lowest BCUT2D eigenvalue weighted by Crippen LogP contribution is -2.46. The van der Waals surface area contributed by atoms with E-state index in [0.29, 0.717) is 24.5 Å². The Morgan fingerprint density at radius 3 is 2.50 bits per heavy atom. The zero-order chi connectivity index (χ0) is 21.1. The van der Waals surface area contributed by atoms with Crippen molar-refractivity contribution in [2.75, 3.05) is 26.7 Å². The standard InChI is InChI=1S/C22H26N4O4/c1-30-17-4-2-15(3-5-17)21(28)16-7-11-25(12-8-16)18-9-13-26(22(18)29)14-19-23-10-6-20(27)24-19/h2-6,10,16,18H,7-9,11-14H2,1H3,(H,23,24,27). The van der Waals surface area contributed by atoms with E-state index in [1.165, 1.54) is 12.3 Å². The SMILES string of the molecule is COc1ccc(C(=O)C2CCN(C3CCN(Cc4nccc(=O)[nH]4)C3=O)CC2)cc1. The maximum Gasteiger partial charge on any atom is 0.250 e. The fourth-order valence-electron chi connectivity index (χ4n) is 4.35. The van der Waals surface area contributed by atoms with Crippen LogP contribution in [0.25, 0.3) is 0 Å². The van der Waals surface area contributed by atoms with Gasteiger partial charge in [-0.2, -0.15) is 0 Å². The van der Waals surface area contributed by atoms with Crippen molar-refractivity contribution in [1.82, 2.24) is 19.8 Å². The maximum atomic E-state index is 12.9. The quantitative estimate of drug-likeness (QED) is 0.725. The van der Waals surface area contributed by atoms with Crippen LogP contribution in [0.1, 0.15) is 35.4 Å². The highest BCUT2D eigenvalue weighted by Gasteiger charge is 2.38. The minimum Gasteiger partial charge on any atom is -0.497 e. The number of aromatic nitrogens is 2. The van der Waals surface area contributed by atoms with Crippen molar-refractivity contribution in [3.8, 4) is 5.75 Å². The lowest BCUT2D eigenvalue weighted by molar-refractivity contribution is -0.133. The van der Waals surface area contributed by atoms with Crippen LogP contribution in [0, 0.1) is 5.92 Å². The molecule has 2 aliphatic rings.